The smallest absolute Gasteiger partial charge is 0.435 e. The van der Waals surface area contributed by atoms with Crippen molar-refractivity contribution in [3.8, 4) is 0 Å². The van der Waals surface area contributed by atoms with Gasteiger partial charge in [0.2, 0.25) is 0 Å². The number of ether oxygens (including phenoxy) is 1. The van der Waals surface area contributed by atoms with Crippen molar-refractivity contribution >= 4 is 18.0 Å². The highest BCUT2D eigenvalue weighted by Crippen LogP contribution is 2.20. The highest BCUT2D eigenvalue weighted by molar-refractivity contribution is 5.80. The Balaban J connectivity index is 5.35. The Hall–Kier alpha value is -1.83. The third kappa shape index (κ3) is 8.46. The van der Waals surface area contributed by atoms with Gasteiger partial charge in [0.05, 0.1) is 5.60 Å². The maximum atomic E-state index is 12.2. The van der Waals surface area contributed by atoms with Crippen LogP contribution in [0, 0.1) is 0 Å². The Morgan fingerprint density at radius 3 is 1.82 bits per heavy atom. The van der Waals surface area contributed by atoms with E-state index < -0.39 is 41.7 Å². The second-order valence-electron chi connectivity index (χ2n) is 6.80. The average Bonchev–Trinajstić information content (AvgIpc) is 2.22. The molecule has 0 aliphatic rings. The van der Waals surface area contributed by atoms with Gasteiger partial charge in [0, 0.05) is 6.42 Å². The maximum Gasteiger partial charge on any atom is 0.435 e. The van der Waals surface area contributed by atoms with Crippen molar-refractivity contribution in [2.24, 2.45) is 0 Å². The van der Waals surface area contributed by atoms with E-state index >= 15 is 0 Å². The van der Waals surface area contributed by atoms with Gasteiger partial charge in [0.1, 0.15) is 5.60 Å². The number of rotatable bonds is 6. The molecule has 0 rings (SSSR count). The Morgan fingerprint density at radius 2 is 1.50 bits per heavy atom. The van der Waals surface area contributed by atoms with Gasteiger partial charge >= 0.3 is 18.0 Å². The molecule has 0 saturated carbocycles. The molecule has 1 amide bonds. The first-order valence-electron chi connectivity index (χ1n) is 6.89. The van der Waals surface area contributed by atoms with Gasteiger partial charge in [-0.2, -0.15) is 5.06 Å². The number of aliphatic carboxylic acids is 2. The van der Waals surface area contributed by atoms with E-state index in [9.17, 15) is 19.5 Å². The third-order valence-electron chi connectivity index (χ3n) is 2.15. The molecule has 0 aromatic heterocycles. The van der Waals surface area contributed by atoms with Crippen LogP contribution < -0.4 is 0 Å². The van der Waals surface area contributed by atoms with Crippen LogP contribution in [0.25, 0.3) is 0 Å². The molecule has 0 aromatic rings. The minimum atomic E-state index is -1.45. The van der Waals surface area contributed by atoms with Crippen molar-refractivity contribution in [3.05, 3.63) is 0 Å². The minimum absolute atomic E-state index is 0.292. The highest BCUT2D eigenvalue weighted by atomic mass is 16.7. The summed E-state index contributed by atoms with van der Waals surface area (Å²) in [5, 5.41) is 18.6. The van der Waals surface area contributed by atoms with Crippen LogP contribution in [-0.4, -0.2) is 50.6 Å². The molecule has 0 aromatic carbocycles. The summed E-state index contributed by atoms with van der Waals surface area (Å²) in [7, 11) is 0. The largest absolute Gasteiger partial charge is 0.481 e. The quantitative estimate of drug-likeness (QED) is 0.722. The summed E-state index contributed by atoms with van der Waals surface area (Å²) in [6.45, 7) is 9.81. The number of carbonyl (C=O) groups excluding carboxylic acids is 1. The standard InChI is InChI=1S/C14H25NO7/c1-13(2,3)21-12(20)15(22-14(4,5)6)9(11(18)19)7-8-10(16)17/h9H,7-8H2,1-6H3,(H,16,17)(H,18,19). The van der Waals surface area contributed by atoms with Gasteiger partial charge in [-0.3, -0.25) is 9.63 Å². The number of hydroxylamine groups is 2. The number of hydrogen-bond acceptors (Lipinski definition) is 5. The summed E-state index contributed by atoms with van der Waals surface area (Å²) in [6.07, 6.45) is -1.68. The molecule has 0 aliphatic heterocycles. The van der Waals surface area contributed by atoms with Crippen LogP contribution >= 0.6 is 0 Å². The summed E-state index contributed by atoms with van der Waals surface area (Å²) >= 11 is 0. The lowest BCUT2D eigenvalue weighted by Gasteiger charge is -2.34. The lowest BCUT2D eigenvalue weighted by molar-refractivity contribution is -0.234. The predicted molar refractivity (Wildman–Crippen MR) is 77.2 cm³/mol. The Bertz CT molecular complexity index is 420. The second-order valence-corrected chi connectivity index (χ2v) is 6.80. The minimum Gasteiger partial charge on any atom is -0.481 e. The first-order valence-corrected chi connectivity index (χ1v) is 6.89. The molecular formula is C14H25NO7. The zero-order valence-electron chi connectivity index (χ0n) is 13.9. The fraction of sp³-hybridized carbons (Fsp3) is 0.786. The third-order valence-corrected chi connectivity index (χ3v) is 2.15. The number of carboxylic acids is 2. The summed E-state index contributed by atoms with van der Waals surface area (Å²) in [4.78, 5) is 39.6. The Morgan fingerprint density at radius 1 is 1.00 bits per heavy atom. The van der Waals surface area contributed by atoms with Crippen molar-refractivity contribution in [2.75, 3.05) is 0 Å². The second kappa shape index (κ2) is 7.44. The first kappa shape index (κ1) is 20.2. The van der Waals surface area contributed by atoms with E-state index in [1.54, 1.807) is 41.5 Å². The normalized spacial score (nSPS) is 13.4. The molecule has 0 radical (unpaired) electrons. The van der Waals surface area contributed by atoms with E-state index in [0.29, 0.717) is 5.06 Å². The zero-order chi connectivity index (χ0) is 17.7. The molecule has 0 saturated heterocycles. The van der Waals surface area contributed by atoms with Crippen LogP contribution in [0.4, 0.5) is 4.79 Å². The van der Waals surface area contributed by atoms with Crippen LogP contribution in [0.5, 0.6) is 0 Å². The monoisotopic (exact) mass is 319 g/mol. The van der Waals surface area contributed by atoms with Crippen molar-refractivity contribution in [3.63, 3.8) is 0 Å². The fourth-order valence-electron chi connectivity index (χ4n) is 1.43. The van der Waals surface area contributed by atoms with Gasteiger partial charge < -0.3 is 14.9 Å². The van der Waals surface area contributed by atoms with Gasteiger partial charge in [-0.25, -0.2) is 9.59 Å². The van der Waals surface area contributed by atoms with Crippen molar-refractivity contribution in [2.45, 2.75) is 71.6 Å². The molecule has 128 valence electrons. The summed E-state index contributed by atoms with van der Waals surface area (Å²) < 4.78 is 5.13. The van der Waals surface area contributed by atoms with E-state index in [0.717, 1.165) is 0 Å². The van der Waals surface area contributed by atoms with E-state index in [-0.39, 0.29) is 6.42 Å². The Labute approximate surface area is 129 Å². The van der Waals surface area contributed by atoms with E-state index in [1.807, 2.05) is 0 Å². The molecule has 8 nitrogen and oxygen atoms in total. The van der Waals surface area contributed by atoms with Gasteiger partial charge in [-0.1, -0.05) is 0 Å². The van der Waals surface area contributed by atoms with Crippen LogP contribution in [0.2, 0.25) is 0 Å². The van der Waals surface area contributed by atoms with E-state index in [4.69, 9.17) is 14.7 Å². The zero-order valence-corrected chi connectivity index (χ0v) is 13.9. The van der Waals surface area contributed by atoms with Gasteiger partial charge in [0.25, 0.3) is 0 Å². The van der Waals surface area contributed by atoms with Crippen LogP contribution in [0.15, 0.2) is 0 Å². The van der Waals surface area contributed by atoms with E-state index in [2.05, 4.69) is 0 Å². The van der Waals surface area contributed by atoms with Crippen LogP contribution in [0.3, 0.4) is 0 Å². The molecule has 2 N–H and O–H groups in total. The molecule has 0 heterocycles. The maximum absolute atomic E-state index is 12.2. The molecule has 0 spiro atoms. The molecule has 22 heavy (non-hydrogen) atoms. The lowest BCUT2D eigenvalue weighted by Crippen LogP contribution is -2.50. The summed E-state index contributed by atoms with van der Waals surface area (Å²) in [6, 6.07) is -1.45. The highest BCUT2D eigenvalue weighted by Gasteiger charge is 2.37. The number of carboxylic acid groups (broad SMARTS) is 2. The average molecular weight is 319 g/mol. The first-order chi connectivity index (χ1) is 9.73. The number of carbonyl (C=O) groups is 3. The summed E-state index contributed by atoms with van der Waals surface area (Å²) in [5.41, 5.74) is -1.69. The van der Waals surface area contributed by atoms with E-state index in [1.165, 1.54) is 0 Å². The number of hydrogen-bond donors (Lipinski definition) is 2. The number of amides is 1. The van der Waals surface area contributed by atoms with Crippen molar-refractivity contribution < 1.29 is 34.2 Å². The molecule has 0 aliphatic carbocycles. The Kier molecular flexibility index (Phi) is 6.82. The topological polar surface area (TPSA) is 113 Å². The fourth-order valence-corrected chi connectivity index (χ4v) is 1.43. The molecule has 1 unspecified atom stereocenters. The van der Waals surface area contributed by atoms with Crippen molar-refractivity contribution in [1.29, 1.82) is 0 Å². The van der Waals surface area contributed by atoms with Gasteiger partial charge in [-0.15, -0.1) is 0 Å². The lowest BCUT2D eigenvalue weighted by atomic mass is 10.1. The van der Waals surface area contributed by atoms with Crippen LogP contribution in [-0.2, 0) is 19.2 Å². The SMILES string of the molecule is CC(C)(C)OC(=O)N(OC(C)(C)C)C(CCC(=O)O)C(=O)O. The molecule has 0 bridgehead atoms. The van der Waals surface area contributed by atoms with Gasteiger partial charge in [0.15, 0.2) is 6.04 Å². The molecule has 1 atom stereocenters. The number of nitrogens with zero attached hydrogens (tertiary/aromatic N) is 1. The molecular weight excluding hydrogens is 294 g/mol. The van der Waals surface area contributed by atoms with Crippen LogP contribution in [0.1, 0.15) is 54.4 Å². The summed E-state index contributed by atoms with van der Waals surface area (Å²) in [5.74, 6) is -2.53. The van der Waals surface area contributed by atoms with Gasteiger partial charge in [-0.05, 0) is 48.0 Å². The molecule has 8 heteroatoms. The predicted octanol–water partition coefficient (Wildman–Crippen LogP) is 2.27. The molecule has 0 fully saturated rings. The van der Waals surface area contributed by atoms with Crippen molar-refractivity contribution in [1.82, 2.24) is 5.06 Å².